The van der Waals surface area contributed by atoms with Gasteiger partial charge in [-0.3, -0.25) is 0 Å². The third kappa shape index (κ3) is 2.48. The number of hydrogen-bond donors (Lipinski definition) is 1. The molecular weight excluding hydrogens is 334 g/mol. The van der Waals surface area contributed by atoms with Crippen LogP contribution in [0.25, 0.3) is 22.0 Å². The molecule has 1 aliphatic rings. The molecule has 0 fully saturated rings. The topological polar surface area (TPSA) is 39.1 Å². The Balaban J connectivity index is 1.73. The van der Waals surface area contributed by atoms with Crippen molar-refractivity contribution in [2.75, 3.05) is 11.9 Å². The van der Waals surface area contributed by atoms with Crippen LogP contribution in [0.15, 0.2) is 66.7 Å². The number of nitrogens with one attached hydrogen (secondary N) is 1. The summed E-state index contributed by atoms with van der Waals surface area (Å²) < 4.78 is 7.95. The molecule has 5 rings (SSSR count). The highest BCUT2D eigenvalue weighted by atomic mass is 16.5. The van der Waals surface area contributed by atoms with E-state index in [0.29, 0.717) is 6.61 Å². The van der Waals surface area contributed by atoms with Crippen molar-refractivity contribution >= 4 is 16.5 Å². The van der Waals surface area contributed by atoms with Crippen LogP contribution in [0, 0.1) is 6.92 Å². The SMILES string of the molecule is CCOc1ccc(C2Nc3ccccc3-c3cc(C)nn32)c2ccccc12. The number of aryl methyl sites for hydroxylation is 1. The number of anilines is 1. The van der Waals surface area contributed by atoms with Crippen molar-refractivity contribution in [3.05, 3.63) is 78.0 Å². The van der Waals surface area contributed by atoms with Crippen LogP contribution < -0.4 is 10.1 Å². The van der Waals surface area contributed by atoms with Crippen LogP contribution in [0.1, 0.15) is 24.3 Å². The van der Waals surface area contributed by atoms with Gasteiger partial charge in [-0.05, 0) is 37.4 Å². The van der Waals surface area contributed by atoms with E-state index in [2.05, 4.69) is 76.7 Å². The Morgan fingerprint density at radius 2 is 1.78 bits per heavy atom. The molecule has 0 amide bonds. The summed E-state index contributed by atoms with van der Waals surface area (Å²) in [4.78, 5) is 0. The van der Waals surface area contributed by atoms with E-state index in [9.17, 15) is 0 Å². The average molecular weight is 355 g/mol. The van der Waals surface area contributed by atoms with Gasteiger partial charge in [0.25, 0.3) is 0 Å². The number of para-hydroxylation sites is 1. The highest BCUT2D eigenvalue weighted by molar-refractivity contribution is 5.92. The molecule has 4 heteroatoms. The van der Waals surface area contributed by atoms with Crippen molar-refractivity contribution in [1.29, 1.82) is 0 Å². The molecule has 4 nitrogen and oxygen atoms in total. The first-order chi connectivity index (χ1) is 13.3. The standard InChI is InChI=1S/C23H21N3O/c1-3-27-22-13-12-18(16-8-4-5-9-17(16)22)23-24-20-11-7-6-10-19(20)21-14-15(2)25-26(21)23/h4-14,23-24H,3H2,1-2H3. The van der Waals surface area contributed by atoms with Gasteiger partial charge in [0.05, 0.1) is 18.0 Å². The van der Waals surface area contributed by atoms with Gasteiger partial charge >= 0.3 is 0 Å². The van der Waals surface area contributed by atoms with Crippen molar-refractivity contribution in [3.8, 4) is 17.0 Å². The largest absolute Gasteiger partial charge is 0.493 e. The molecule has 0 saturated carbocycles. The Bertz CT molecular complexity index is 1150. The number of rotatable bonds is 3. The second-order valence-electron chi connectivity index (χ2n) is 6.84. The van der Waals surface area contributed by atoms with Crippen LogP contribution in [0.3, 0.4) is 0 Å². The summed E-state index contributed by atoms with van der Waals surface area (Å²) in [7, 11) is 0. The maximum absolute atomic E-state index is 5.85. The summed E-state index contributed by atoms with van der Waals surface area (Å²) in [6, 6.07) is 23.2. The highest BCUT2D eigenvalue weighted by Crippen LogP contribution is 2.41. The molecule has 0 bridgehead atoms. The molecule has 4 aromatic rings. The number of aromatic nitrogens is 2. The molecule has 27 heavy (non-hydrogen) atoms. The van der Waals surface area contributed by atoms with Gasteiger partial charge in [0.1, 0.15) is 11.9 Å². The fraction of sp³-hybridized carbons (Fsp3) is 0.174. The molecule has 134 valence electrons. The van der Waals surface area contributed by atoms with Crippen molar-refractivity contribution in [3.63, 3.8) is 0 Å². The van der Waals surface area contributed by atoms with Gasteiger partial charge in [0, 0.05) is 22.2 Å². The van der Waals surface area contributed by atoms with Gasteiger partial charge in [-0.25, -0.2) is 4.68 Å². The van der Waals surface area contributed by atoms with Crippen molar-refractivity contribution < 1.29 is 4.74 Å². The minimum Gasteiger partial charge on any atom is -0.493 e. The molecule has 1 unspecified atom stereocenters. The molecule has 1 N–H and O–H groups in total. The second kappa shape index (κ2) is 6.16. The molecule has 0 aliphatic carbocycles. The van der Waals surface area contributed by atoms with Crippen LogP contribution in [-0.2, 0) is 0 Å². The minimum atomic E-state index is -0.0656. The van der Waals surface area contributed by atoms with E-state index < -0.39 is 0 Å². The normalized spacial score (nSPS) is 15.1. The predicted octanol–water partition coefficient (Wildman–Crippen LogP) is 5.38. The molecular formula is C23H21N3O. The lowest BCUT2D eigenvalue weighted by Crippen LogP contribution is -2.25. The zero-order valence-electron chi connectivity index (χ0n) is 15.4. The lowest BCUT2D eigenvalue weighted by atomic mass is 9.98. The maximum Gasteiger partial charge on any atom is 0.147 e. The predicted molar refractivity (Wildman–Crippen MR) is 109 cm³/mol. The minimum absolute atomic E-state index is 0.0656. The lowest BCUT2D eigenvalue weighted by molar-refractivity contribution is 0.344. The summed E-state index contributed by atoms with van der Waals surface area (Å²) in [5.41, 5.74) is 5.67. The fourth-order valence-electron chi connectivity index (χ4n) is 3.98. The van der Waals surface area contributed by atoms with E-state index in [-0.39, 0.29) is 6.17 Å². The Morgan fingerprint density at radius 3 is 2.63 bits per heavy atom. The Hall–Kier alpha value is -3.27. The average Bonchev–Trinajstić information content (AvgIpc) is 3.10. The third-order valence-electron chi connectivity index (χ3n) is 5.11. The third-order valence-corrected chi connectivity index (χ3v) is 5.11. The summed E-state index contributed by atoms with van der Waals surface area (Å²) in [6.07, 6.45) is -0.0656. The number of hydrogen-bond acceptors (Lipinski definition) is 3. The van der Waals surface area contributed by atoms with Gasteiger partial charge in [-0.1, -0.05) is 48.5 Å². The zero-order valence-corrected chi connectivity index (χ0v) is 15.4. The van der Waals surface area contributed by atoms with E-state index >= 15 is 0 Å². The molecule has 3 aromatic carbocycles. The van der Waals surface area contributed by atoms with E-state index in [1.165, 1.54) is 16.5 Å². The Kier molecular flexibility index (Phi) is 3.64. The molecule has 2 heterocycles. The maximum atomic E-state index is 5.85. The highest BCUT2D eigenvalue weighted by Gasteiger charge is 2.27. The quantitative estimate of drug-likeness (QED) is 0.536. The summed E-state index contributed by atoms with van der Waals surface area (Å²) >= 11 is 0. The van der Waals surface area contributed by atoms with E-state index in [1.54, 1.807) is 0 Å². The first-order valence-electron chi connectivity index (χ1n) is 9.33. The van der Waals surface area contributed by atoms with Crippen LogP contribution in [0.5, 0.6) is 5.75 Å². The Labute approximate surface area is 158 Å². The lowest BCUT2D eigenvalue weighted by Gasteiger charge is -2.30. The zero-order chi connectivity index (χ0) is 18.4. The molecule has 0 spiro atoms. The van der Waals surface area contributed by atoms with Gasteiger partial charge < -0.3 is 10.1 Å². The van der Waals surface area contributed by atoms with Crippen LogP contribution in [0.2, 0.25) is 0 Å². The first kappa shape index (κ1) is 15.9. The van der Waals surface area contributed by atoms with Gasteiger partial charge in [-0.2, -0.15) is 5.10 Å². The molecule has 0 saturated heterocycles. The number of ether oxygens (including phenoxy) is 1. The van der Waals surface area contributed by atoms with Crippen LogP contribution in [-0.4, -0.2) is 16.4 Å². The number of benzene rings is 3. The van der Waals surface area contributed by atoms with E-state index in [1.807, 2.05) is 13.8 Å². The smallest absolute Gasteiger partial charge is 0.147 e. The summed E-state index contributed by atoms with van der Waals surface area (Å²) in [6.45, 7) is 4.71. The number of nitrogens with zero attached hydrogens (tertiary/aromatic N) is 2. The first-order valence-corrected chi connectivity index (χ1v) is 9.33. The second-order valence-corrected chi connectivity index (χ2v) is 6.84. The van der Waals surface area contributed by atoms with E-state index in [0.717, 1.165) is 28.2 Å². The van der Waals surface area contributed by atoms with Gasteiger partial charge in [0.15, 0.2) is 0 Å². The van der Waals surface area contributed by atoms with Crippen molar-refractivity contribution in [2.45, 2.75) is 20.0 Å². The molecule has 1 atom stereocenters. The van der Waals surface area contributed by atoms with Gasteiger partial charge in [0.2, 0.25) is 0 Å². The summed E-state index contributed by atoms with van der Waals surface area (Å²) in [5, 5.41) is 10.8. The van der Waals surface area contributed by atoms with E-state index in [4.69, 9.17) is 9.84 Å². The van der Waals surface area contributed by atoms with Gasteiger partial charge in [-0.15, -0.1) is 0 Å². The van der Waals surface area contributed by atoms with Crippen molar-refractivity contribution in [2.24, 2.45) is 0 Å². The van der Waals surface area contributed by atoms with Crippen LogP contribution >= 0.6 is 0 Å². The fourth-order valence-corrected chi connectivity index (χ4v) is 3.98. The molecule has 1 aromatic heterocycles. The number of fused-ring (bicyclic) bond motifs is 4. The molecule has 1 aliphatic heterocycles. The molecule has 0 radical (unpaired) electrons. The summed E-state index contributed by atoms with van der Waals surface area (Å²) in [5.74, 6) is 0.921. The van der Waals surface area contributed by atoms with Crippen LogP contribution in [0.4, 0.5) is 5.69 Å². The Morgan fingerprint density at radius 1 is 1.00 bits per heavy atom. The van der Waals surface area contributed by atoms with Crippen molar-refractivity contribution in [1.82, 2.24) is 9.78 Å². The monoisotopic (exact) mass is 355 g/mol.